The summed E-state index contributed by atoms with van der Waals surface area (Å²) in [6.45, 7) is 5.67. The van der Waals surface area contributed by atoms with E-state index in [-0.39, 0.29) is 0 Å². The van der Waals surface area contributed by atoms with Crippen molar-refractivity contribution in [2.24, 2.45) is 16.3 Å². The third-order valence-electron chi connectivity index (χ3n) is 2.53. The van der Waals surface area contributed by atoms with Crippen LogP contribution in [-0.4, -0.2) is 32.3 Å². The van der Waals surface area contributed by atoms with Crippen molar-refractivity contribution in [1.29, 1.82) is 0 Å². The highest BCUT2D eigenvalue weighted by molar-refractivity contribution is 5.79. The van der Waals surface area contributed by atoms with Gasteiger partial charge >= 0.3 is 0 Å². The van der Waals surface area contributed by atoms with Crippen LogP contribution in [0, 0.1) is 5.41 Å². The molecular formula is C9H20N4O. The molecule has 1 rings (SSSR count). The SMILES string of the molecule is COCCN=C(NN)NC1CC1(C)C. The highest BCUT2D eigenvalue weighted by Crippen LogP contribution is 2.44. The molecule has 0 saturated heterocycles. The molecule has 1 saturated carbocycles. The number of rotatable bonds is 4. The van der Waals surface area contributed by atoms with E-state index in [0.29, 0.717) is 30.6 Å². The first-order chi connectivity index (χ1) is 6.60. The fourth-order valence-corrected chi connectivity index (χ4v) is 1.26. The molecule has 0 aromatic heterocycles. The van der Waals surface area contributed by atoms with E-state index in [2.05, 4.69) is 29.6 Å². The van der Waals surface area contributed by atoms with Crippen molar-refractivity contribution in [3.05, 3.63) is 0 Å². The molecule has 0 amide bonds. The Labute approximate surface area is 85.1 Å². The Morgan fingerprint density at radius 3 is 2.71 bits per heavy atom. The van der Waals surface area contributed by atoms with Gasteiger partial charge in [-0.15, -0.1) is 0 Å². The molecule has 1 atom stereocenters. The second-order valence-corrected chi connectivity index (χ2v) is 4.26. The first-order valence-electron chi connectivity index (χ1n) is 4.86. The molecule has 0 bridgehead atoms. The number of methoxy groups -OCH3 is 1. The van der Waals surface area contributed by atoms with Crippen LogP contribution in [0.1, 0.15) is 20.3 Å². The second kappa shape index (κ2) is 4.61. The predicted molar refractivity (Wildman–Crippen MR) is 56.8 cm³/mol. The van der Waals surface area contributed by atoms with Crippen LogP contribution in [0.4, 0.5) is 0 Å². The molecule has 1 aliphatic carbocycles. The zero-order valence-corrected chi connectivity index (χ0v) is 9.13. The molecule has 0 radical (unpaired) electrons. The Hall–Kier alpha value is -0.810. The first-order valence-corrected chi connectivity index (χ1v) is 4.86. The third kappa shape index (κ3) is 3.16. The molecule has 1 unspecified atom stereocenters. The second-order valence-electron chi connectivity index (χ2n) is 4.26. The summed E-state index contributed by atoms with van der Waals surface area (Å²) in [5, 5.41) is 3.25. The van der Waals surface area contributed by atoms with Crippen molar-refractivity contribution in [3.63, 3.8) is 0 Å². The topological polar surface area (TPSA) is 71.7 Å². The Morgan fingerprint density at radius 2 is 2.29 bits per heavy atom. The number of aliphatic imine (C=N–C) groups is 1. The highest BCUT2D eigenvalue weighted by atomic mass is 16.5. The molecule has 5 heteroatoms. The van der Waals surface area contributed by atoms with Gasteiger partial charge in [0.15, 0.2) is 0 Å². The van der Waals surface area contributed by atoms with Gasteiger partial charge in [-0.2, -0.15) is 0 Å². The van der Waals surface area contributed by atoms with Gasteiger partial charge in [-0.25, -0.2) is 10.8 Å². The van der Waals surface area contributed by atoms with Gasteiger partial charge in [-0.3, -0.25) is 5.43 Å². The van der Waals surface area contributed by atoms with Crippen LogP contribution in [0.2, 0.25) is 0 Å². The lowest BCUT2D eigenvalue weighted by molar-refractivity contribution is 0.208. The molecule has 1 fully saturated rings. The van der Waals surface area contributed by atoms with Gasteiger partial charge in [-0.1, -0.05) is 13.8 Å². The molecule has 0 aliphatic heterocycles. The van der Waals surface area contributed by atoms with Crippen LogP contribution >= 0.6 is 0 Å². The molecule has 4 N–H and O–H groups in total. The van der Waals surface area contributed by atoms with Crippen molar-refractivity contribution in [3.8, 4) is 0 Å². The summed E-state index contributed by atoms with van der Waals surface area (Å²) in [6.07, 6.45) is 1.16. The quantitative estimate of drug-likeness (QED) is 0.194. The summed E-state index contributed by atoms with van der Waals surface area (Å²) in [4.78, 5) is 4.22. The van der Waals surface area contributed by atoms with Crippen LogP contribution in [0.5, 0.6) is 0 Å². The summed E-state index contributed by atoms with van der Waals surface area (Å²) in [5.41, 5.74) is 2.93. The largest absolute Gasteiger partial charge is 0.383 e. The Kier molecular flexibility index (Phi) is 3.71. The van der Waals surface area contributed by atoms with Crippen molar-refractivity contribution in [2.75, 3.05) is 20.3 Å². The van der Waals surface area contributed by atoms with E-state index in [4.69, 9.17) is 10.6 Å². The van der Waals surface area contributed by atoms with Crippen LogP contribution in [0.3, 0.4) is 0 Å². The van der Waals surface area contributed by atoms with Crippen molar-refractivity contribution >= 4 is 5.96 Å². The van der Waals surface area contributed by atoms with E-state index < -0.39 is 0 Å². The van der Waals surface area contributed by atoms with Gasteiger partial charge in [0.05, 0.1) is 13.2 Å². The molecule has 5 nitrogen and oxygen atoms in total. The molecule has 82 valence electrons. The number of guanidine groups is 1. The molecular weight excluding hydrogens is 180 g/mol. The van der Waals surface area contributed by atoms with Crippen LogP contribution in [0.15, 0.2) is 4.99 Å². The normalized spacial score (nSPS) is 24.6. The van der Waals surface area contributed by atoms with Gasteiger partial charge in [-0.05, 0) is 11.8 Å². The fourth-order valence-electron chi connectivity index (χ4n) is 1.26. The fraction of sp³-hybridized carbons (Fsp3) is 0.889. The maximum Gasteiger partial charge on any atom is 0.206 e. The third-order valence-corrected chi connectivity index (χ3v) is 2.53. The van der Waals surface area contributed by atoms with Crippen molar-refractivity contribution in [1.82, 2.24) is 10.7 Å². The number of hydrogen-bond donors (Lipinski definition) is 3. The van der Waals surface area contributed by atoms with Crippen molar-refractivity contribution in [2.45, 2.75) is 26.3 Å². The van der Waals surface area contributed by atoms with E-state index in [1.807, 2.05) is 0 Å². The van der Waals surface area contributed by atoms with Gasteiger partial charge in [0, 0.05) is 13.2 Å². The standard InChI is InChI=1S/C9H20N4O/c1-9(2)6-7(9)12-8(13-10)11-4-5-14-3/h7H,4-6,10H2,1-3H3,(H2,11,12,13). The number of ether oxygens (including phenoxy) is 1. The lowest BCUT2D eigenvalue weighted by atomic mass is 10.2. The summed E-state index contributed by atoms with van der Waals surface area (Å²) in [7, 11) is 1.66. The summed E-state index contributed by atoms with van der Waals surface area (Å²) in [5.74, 6) is 5.99. The number of nitrogens with zero attached hydrogens (tertiary/aromatic N) is 1. The molecule has 14 heavy (non-hydrogen) atoms. The lowest BCUT2D eigenvalue weighted by Crippen LogP contribution is -2.43. The minimum absolute atomic E-state index is 0.374. The van der Waals surface area contributed by atoms with Gasteiger partial charge in [0.25, 0.3) is 0 Å². The zero-order valence-electron chi connectivity index (χ0n) is 9.13. The predicted octanol–water partition coefficient (Wildman–Crippen LogP) is -0.160. The minimum Gasteiger partial charge on any atom is -0.383 e. The molecule has 0 aromatic carbocycles. The Bertz CT molecular complexity index is 215. The molecule has 1 aliphatic rings. The van der Waals surface area contributed by atoms with E-state index in [1.165, 1.54) is 0 Å². The lowest BCUT2D eigenvalue weighted by Gasteiger charge is -2.10. The van der Waals surface area contributed by atoms with Gasteiger partial charge in [0.1, 0.15) is 0 Å². The monoisotopic (exact) mass is 200 g/mol. The highest BCUT2D eigenvalue weighted by Gasteiger charge is 2.46. The first kappa shape index (κ1) is 11.3. The van der Waals surface area contributed by atoms with E-state index in [1.54, 1.807) is 7.11 Å². The number of nitrogens with one attached hydrogen (secondary N) is 2. The Morgan fingerprint density at radius 1 is 1.64 bits per heavy atom. The molecule has 0 heterocycles. The maximum atomic E-state index is 5.34. The summed E-state index contributed by atoms with van der Waals surface area (Å²) in [6, 6.07) is 0.486. The summed E-state index contributed by atoms with van der Waals surface area (Å²) < 4.78 is 4.89. The van der Waals surface area contributed by atoms with Gasteiger partial charge < -0.3 is 10.1 Å². The summed E-state index contributed by atoms with van der Waals surface area (Å²) >= 11 is 0. The van der Waals surface area contributed by atoms with Crippen LogP contribution in [0.25, 0.3) is 0 Å². The van der Waals surface area contributed by atoms with E-state index in [9.17, 15) is 0 Å². The molecule has 0 spiro atoms. The van der Waals surface area contributed by atoms with Crippen molar-refractivity contribution < 1.29 is 4.74 Å². The van der Waals surface area contributed by atoms with Crippen LogP contribution in [-0.2, 0) is 4.74 Å². The minimum atomic E-state index is 0.374. The zero-order chi connectivity index (χ0) is 10.6. The average molecular weight is 200 g/mol. The Balaban J connectivity index is 2.28. The average Bonchev–Trinajstić information content (AvgIpc) is 2.72. The van der Waals surface area contributed by atoms with E-state index >= 15 is 0 Å². The number of hydrazine groups is 1. The molecule has 0 aromatic rings. The van der Waals surface area contributed by atoms with E-state index in [0.717, 1.165) is 6.42 Å². The van der Waals surface area contributed by atoms with Crippen LogP contribution < -0.4 is 16.6 Å². The van der Waals surface area contributed by atoms with Gasteiger partial charge in [0.2, 0.25) is 5.96 Å². The smallest absolute Gasteiger partial charge is 0.206 e. The number of nitrogens with two attached hydrogens (primary N) is 1. The number of hydrogen-bond acceptors (Lipinski definition) is 3. The maximum absolute atomic E-state index is 5.34.